The molecular formula is C15H26ClN3O. The Morgan fingerprint density at radius 3 is 2.45 bits per heavy atom. The summed E-state index contributed by atoms with van der Waals surface area (Å²) in [4.78, 5) is 6.81. The molecule has 0 unspecified atom stereocenters. The fraction of sp³-hybridized carbons (Fsp3) is 0.667. The van der Waals surface area contributed by atoms with Crippen molar-refractivity contribution in [3.63, 3.8) is 0 Å². The van der Waals surface area contributed by atoms with Gasteiger partial charge < -0.3 is 10.1 Å². The molecule has 0 aliphatic rings. The van der Waals surface area contributed by atoms with Crippen molar-refractivity contribution in [2.24, 2.45) is 0 Å². The van der Waals surface area contributed by atoms with Crippen LogP contribution in [0.5, 0.6) is 5.88 Å². The van der Waals surface area contributed by atoms with E-state index in [-0.39, 0.29) is 0 Å². The second-order valence-corrected chi connectivity index (χ2v) is 5.79. The Labute approximate surface area is 127 Å². The Kier molecular flexibility index (Phi) is 7.27. The Hall–Kier alpha value is -0.840. The van der Waals surface area contributed by atoms with Crippen LogP contribution in [0.3, 0.4) is 0 Å². The maximum Gasteiger partial charge on any atom is 0.213 e. The number of nitrogens with one attached hydrogen (secondary N) is 1. The zero-order valence-corrected chi connectivity index (χ0v) is 13.9. The lowest BCUT2D eigenvalue weighted by atomic mass is 10.2. The van der Waals surface area contributed by atoms with Gasteiger partial charge in [0.05, 0.1) is 10.7 Å². The zero-order valence-electron chi connectivity index (χ0n) is 13.1. The first-order valence-electron chi connectivity index (χ1n) is 7.14. The van der Waals surface area contributed by atoms with Gasteiger partial charge in [-0.25, -0.2) is 4.98 Å². The van der Waals surface area contributed by atoms with E-state index < -0.39 is 0 Å². The van der Waals surface area contributed by atoms with Crippen molar-refractivity contribution in [2.75, 3.05) is 20.2 Å². The van der Waals surface area contributed by atoms with Gasteiger partial charge in [0.15, 0.2) is 0 Å². The summed E-state index contributed by atoms with van der Waals surface area (Å²) < 4.78 is 5.74. The molecule has 0 amide bonds. The van der Waals surface area contributed by atoms with Crippen molar-refractivity contribution in [1.82, 2.24) is 15.2 Å². The van der Waals surface area contributed by atoms with Gasteiger partial charge in [-0.15, -0.1) is 0 Å². The minimum atomic E-state index is 0.511. The number of halogens is 1. The van der Waals surface area contributed by atoms with Gasteiger partial charge in [-0.05, 0) is 40.8 Å². The monoisotopic (exact) mass is 299 g/mol. The van der Waals surface area contributed by atoms with Crippen LogP contribution < -0.4 is 10.1 Å². The highest BCUT2D eigenvalue weighted by atomic mass is 35.5. The molecule has 0 saturated carbocycles. The maximum atomic E-state index is 6.08. The average Bonchev–Trinajstić information content (AvgIpc) is 2.37. The van der Waals surface area contributed by atoms with E-state index in [0.29, 0.717) is 36.1 Å². The lowest BCUT2D eigenvalue weighted by Gasteiger charge is -2.30. The molecule has 0 aliphatic heterocycles. The minimum absolute atomic E-state index is 0.511. The summed E-state index contributed by atoms with van der Waals surface area (Å²) in [5, 5.41) is 3.71. The van der Waals surface area contributed by atoms with Crippen molar-refractivity contribution in [3.05, 3.63) is 22.8 Å². The van der Waals surface area contributed by atoms with E-state index in [1.165, 1.54) is 0 Å². The highest BCUT2D eigenvalue weighted by Gasteiger charge is 2.13. The predicted molar refractivity (Wildman–Crippen MR) is 84.5 cm³/mol. The number of pyridine rings is 1. The molecule has 0 aliphatic carbocycles. The molecular weight excluding hydrogens is 274 g/mol. The van der Waals surface area contributed by atoms with Crippen LogP contribution >= 0.6 is 11.6 Å². The first-order valence-corrected chi connectivity index (χ1v) is 7.52. The van der Waals surface area contributed by atoms with Crippen molar-refractivity contribution in [3.8, 4) is 5.88 Å². The van der Waals surface area contributed by atoms with E-state index in [1.54, 1.807) is 0 Å². The van der Waals surface area contributed by atoms with E-state index in [2.05, 4.69) is 42.9 Å². The van der Waals surface area contributed by atoms with E-state index in [9.17, 15) is 0 Å². The van der Waals surface area contributed by atoms with Crippen molar-refractivity contribution in [1.29, 1.82) is 0 Å². The van der Waals surface area contributed by atoms with Gasteiger partial charge in [-0.3, -0.25) is 4.90 Å². The van der Waals surface area contributed by atoms with Gasteiger partial charge in [-0.1, -0.05) is 11.6 Å². The van der Waals surface area contributed by atoms with Crippen LogP contribution in [0, 0.1) is 0 Å². The van der Waals surface area contributed by atoms with Gasteiger partial charge >= 0.3 is 0 Å². The second-order valence-electron chi connectivity index (χ2n) is 5.38. The first kappa shape index (κ1) is 17.2. The number of nitrogens with zero attached hydrogens (tertiary/aromatic N) is 2. The third-order valence-electron chi connectivity index (χ3n) is 3.16. The Morgan fingerprint density at radius 1 is 1.25 bits per heavy atom. The van der Waals surface area contributed by atoms with E-state index in [1.807, 2.05) is 19.2 Å². The lowest BCUT2D eigenvalue weighted by molar-refractivity contribution is 0.140. The van der Waals surface area contributed by atoms with Crippen LogP contribution in [0.2, 0.25) is 5.02 Å². The van der Waals surface area contributed by atoms with Crippen LogP contribution in [0.4, 0.5) is 0 Å². The molecule has 0 spiro atoms. The molecule has 0 saturated heterocycles. The van der Waals surface area contributed by atoms with Crippen LogP contribution in [-0.4, -0.2) is 42.2 Å². The molecule has 1 N–H and O–H groups in total. The molecule has 1 aromatic heterocycles. The number of hydrogen-bond acceptors (Lipinski definition) is 4. The summed E-state index contributed by atoms with van der Waals surface area (Å²) in [6.07, 6.45) is 0. The number of rotatable bonds is 8. The lowest BCUT2D eigenvalue weighted by Crippen LogP contribution is -2.39. The molecule has 0 atom stereocenters. The standard InChI is InChI=1S/C15H26ClN3O/c1-11(2)19(12(3)4)8-9-20-15-7-6-13(16)14(18-15)10-17-5/h6-7,11-12,17H,8-10H2,1-5H3. The van der Waals surface area contributed by atoms with Gasteiger partial charge in [0, 0.05) is 31.2 Å². The van der Waals surface area contributed by atoms with Crippen molar-refractivity contribution >= 4 is 11.6 Å². The normalized spacial score (nSPS) is 11.7. The second kappa shape index (κ2) is 8.45. The fourth-order valence-electron chi connectivity index (χ4n) is 2.20. The Balaban J connectivity index is 2.55. The van der Waals surface area contributed by atoms with Gasteiger partial charge in [0.2, 0.25) is 5.88 Å². The van der Waals surface area contributed by atoms with Crippen LogP contribution in [0.15, 0.2) is 12.1 Å². The first-order chi connectivity index (χ1) is 9.45. The smallest absolute Gasteiger partial charge is 0.213 e. The quantitative estimate of drug-likeness (QED) is 0.801. The number of hydrogen-bond donors (Lipinski definition) is 1. The molecule has 0 bridgehead atoms. The Morgan fingerprint density at radius 2 is 1.90 bits per heavy atom. The molecule has 1 rings (SSSR count). The van der Waals surface area contributed by atoms with Gasteiger partial charge in [0.1, 0.15) is 6.61 Å². The maximum absolute atomic E-state index is 6.08. The Bertz CT molecular complexity index is 402. The van der Waals surface area contributed by atoms with Gasteiger partial charge in [0.25, 0.3) is 0 Å². The molecule has 1 heterocycles. The zero-order chi connectivity index (χ0) is 15.1. The highest BCUT2D eigenvalue weighted by Crippen LogP contribution is 2.18. The molecule has 114 valence electrons. The predicted octanol–water partition coefficient (Wildman–Crippen LogP) is 2.95. The SMILES string of the molecule is CNCc1nc(OCCN(C(C)C)C(C)C)ccc1Cl. The number of aromatic nitrogens is 1. The molecule has 5 heteroatoms. The van der Waals surface area contributed by atoms with Crippen LogP contribution in [0.25, 0.3) is 0 Å². The van der Waals surface area contributed by atoms with Crippen LogP contribution in [0.1, 0.15) is 33.4 Å². The van der Waals surface area contributed by atoms with Crippen LogP contribution in [-0.2, 0) is 6.54 Å². The average molecular weight is 300 g/mol. The molecule has 0 aromatic carbocycles. The summed E-state index contributed by atoms with van der Waals surface area (Å²) in [6.45, 7) is 11.0. The molecule has 20 heavy (non-hydrogen) atoms. The number of ether oxygens (including phenoxy) is 1. The van der Waals surface area contributed by atoms with Crippen molar-refractivity contribution < 1.29 is 4.74 Å². The topological polar surface area (TPSA) is 37.4 Å². The van der Waals surface area contributed by atoms with E-state index in [4.69, 9.17) is 16.3 Å². The molecule has 0 fully saturated rings. The summed E-state index contributed by atoms with van der Waals surface area (Å²) >= 11 is 6.08. The summed E-state index contributed by atoms with van der Waals surface area (Å²) in [6, 6.07) is 4.67. The summed E-state index contributed by atoms with van der Waals surface area (Å²) in [7, 11) is 1.87. The fourth-order valence-corrected chi connectivity index (χ4v) is 2.38. The summed E-state index contributed by atoms with van der Waals surface area (Å²) in [5.74, 6) is 0.632. The van der Waals surface area contributed by atoms with E-state index >= 15 is 0 Å². The third kappa shape index (κ3) is 5.27. The molecule has 1 aromatic rings. The summed E-state index contributed by atoms with van der Waals surface area (Å²) in [5.41, 5.74) is 0.816. The van der Waals surface area contributed by atoms with E-state index in [0.717, 1.165) is 12.2 Å². The molecule has 4 nitrogen and oxygen atoms in total. The largest absolute Gasteiger partial charge is 0.476 e. The van der Waals surface area contributed by atoms with Crippen molar-refractivity contribution in [2.45, 2.75) is 46.3 Å². The third-order valence-corrected chi connectivity index (χ3v) is 3.51. The highest BCUT2D eigenvalue weighted by molar-refractivity contribution is 6.31. The molecule has 0 radical (unpaired) electrons. The minimum Gasteiger partial charge on any atom is -0.476 e. The van der Waals surface area contributed by atoms with Gasteiger partial charge in [-0.2, -0.15) is 0 Å².